The van der Waals surface area contributed by atoms with Crippen molar-refractivity contribution in [2.45, 2.75) is 32.9 Å². The summed E-state index contributed by atoms with van der Waals surface area (Å²) in [6.45, 7) is 12.8. The predicted octanol–water partition coefficient (Wildman–Crippen LogP) is 0.760. The van der Waals surface area contributed by atoms with Crippen molar-refractivity contribution in [2.75, 3.05) is 45.8 Å². The van der Waals surface area contributed by atoms with E-state index in [0.29, 0.717) is 12.6 Å². The van der Waals surface area contributed by atoms with E-state index in [9.17, 15) is 0 Å². The number of guanidine groups is 1. The summed E-state index contributed by atoms with van der Waals surface area (Å²) in [6, 6.07) is 0.605. The van der Waals surface area contributed by atoms with Gasteiger partial charge in [0.25, 0.3) is 0 Å². The first kappa shape index (κ1) is 16.7. The third-order valence-corrected chi connectivity index (χ3v) is 5.69. The van der Waals surface area contributed by atoms with Crippen LogP contribution in [0.25, 0.3) is 0 Å². The van der Waals surface area contributed by atoms with Crippen LogP contribution in [-0.4, -0.2) is 72.6 Å². The molecule has 0 aliphatic carbocycles. The lowest BCUT2D eigenvalue weighted by atomic mass is 10.1. The Hall–Kier alpha value is -1.18. The lowest BCUT2D eigenvalue weighted by molar-refractivity contribution is 0.0154. The smallest absolute Gasteiger partial charge is 0.191 e. The molecule has 0 amide bonds. The molecule has 3 fully saturated rings. The second-order valence-corrected chi connectivity index (χ2v) is 7.34. The molecule has 4 rings (SSSR count). The summed E-state index contributed by atoms with van der Waals surface area (Å²) in [5.41, 5.74) is 0. The van der Waals surface area contributed by atoms with Gasteiger partial charge in [-0.2, -0.15) is 0 Å². The van der Waals surface area contributed by atoms with Crippen molar-refractivity contribution < 1.29 is 0 Å². The van der Waals surface area contributed by atoms with Crippen molar-refractivity contribution in [1.29, 1.82) is 0 Å². The number of hydrogen-bond donors (Lipinski definition) is 2. The highest BCUT2D eigenvalue weighted by Crippen LogP contribution is 2.15. The maximum atomic E-state index is 4.69. The highest BCUT2D eigenvalue weighted by molar-refractivity contribution is 7.11. The average Bonchev–Trinajstić information content (AvgIpc) is 3.06. The fraction of sp³-hybridized carbons (Fsp3) is 0.750. The summed E-state index contributed by atoms with van der Waals surface area (Å²) in [4.78, 5) is 15.6. The van der Waals surface area contributed by atoms with E-state index in [1.807, 2.05) is 6.20 Å². The molecule has 23 heavy (non-hydrogen) atoms. The van der Waals surface area contributed by atoms with E-state index in [4.69, 9.17) is 0 Å². The molecule has 2 bridgehead atoms. The van der Waals surface area contributed by atoms with Gasteiger partial charge in [0, 0.05) is 62.9 Å². The molecule has 0 aromatic carbocycles. The molecular weight excluding hydrogens is 308 g/mol. The number of piperazine rings is 3. The summed E-state index contributed by atoms with van der Waals surface area (Å²) >= 11 is 1.76. The minimum Gasteiger partial charge on any atom is -0.357 e. The van der Waals surface area contributed by atoms with Crippen LogP contribution in [0.4, 0.5) is 0 Å². The zero-order valence-electron chi connectivity index (χ0n) is 14.2. The van der Waals surface area contributed by atoms with Crippen LogP contribution in [0.5, 0.6) is 0 Å². The maximum absolute atomic E-state index is 4.69. The molecule has 1 aromatic rings. The van der Waals surface area contributed by atoms with E-state index in [2.05, 4.69) is 44.3 Å². The fourth-order valence-electron chi connectivity index (χ4n) is 3.21. The van der Waals surface area contributed by atoms with E-state index in [0.717, 1.165) is 30.5 Å². The first-order valence-electron chi connectivity index (χ1n) is 8.70. The van der Waals surface area contributed by atoms with Crippen LogP contribution in [-0.2, 0) is 13.0 Å². The lowest BCUT2D eigenvalue weighted by Crippen LogP contribution is -2.63. The molecule has 3 aliphatic rings. The van der Waals surface area contributed by atoms with Gasteiger partial charge in [0.05, 0.1) is 6.54 Å². The predicted molar refractivity (Wildman–Crippen MR) is 96.1 cm³/mol. The van der Waals surface area contributed by atoms with Gasteiger partial charge in [-0.1, -0.05) is 6.92 Å². The fourth-order valence-corrected chi connectivity index (χ4v) is 3.99. The third kappa shape index (κ3) is 4.43. The van der Waals surface area contributed by atoms with E-state index in [-0.39, 0.29) is 0 Å². The molecule has 6 nitrogen and oxygen atoms in total. The largest absolute Gasteiger partial charge is 0.357 e. The van der Waals surface area contributed by atoms with Crippen molar-refractivity contribution in [3.8, 4) is 0 Å². The highest BCUT2D eigenvalue weighted by atomic mass is 32.1. The number of hydrogen-bond acceptors (Lipinski definition) is 5. The number of nitrogens with zero attached hydrogens (tertiary/aromatic N) is 4. The minimum absolute atomic E-state index is 0.605. The van der Waals surface area contributed by atoms with Gasteiger partial charge in [0.15, 0.2) is 5.96 Å². The molecule has 1 aromatic heterocycles. The van der Waals surface area contributed by atoms with E-state index < -0.39 is 0 Å². The Balaban J connectivity index is 1.52. The maximum Gasteiger partial charge on any atom is 0.191 e. The summed E-state index contributed by atoms with van der Waals surface area (Å²) in [5.74, 6) is 0.901. The molecule has 128 valence electrons. The monoisotopic (exact) mass is 336 g/mol. The molecule has 3 saturated heterocycles. The second kappa shape index (κ2) is 8.08. The number of rotatable bonds is 6. The summed E-state index contributed by atoms with van der Waals surface area (Å²) in [6.07, 6.45) is 3.02. The molecule has 4 heterocycles. The van der Waals surface area contributed by atoms with Crippen molar-refractivity contribution in [1.82, 2.24) is 25.4 Å². The van der Waals surface area contributed by atoms with Crippen LogP contribution >= 0.6 is 11.3 Å². The summed E-state index contributed by atoms with van der Waals surface area (Å²) < 4.78 is 0. The van der Waals surface area contributed by atoms with E-state index in [1.54, 1.807) is 11.3 Å². The van der Waals surface area contributed by atoms with E-state index in [1.165, 1.54) is 37.6 Å². The first-order chi connectivity index (χ1) is 11.3. The standard InChI is InChI=1S/C16H28N6S/c1-3-14-10-18-15(23-14)11-20-16(17-4-2)19-9-13-12-21-5-7-22(13)8-6-21/h10,13H,3-9,11-12H2,1-2H3,(H2,17,19,20). The van der Waals surface area contributed by atoms with Crippen molar-refractivity contribution in [3.63, 3.8) is 0 Å². The molecule has 3 aliphatic heterocycles. The Morgan fingerprint density at radius 2 is 2.13 bits per heavy atom. The number of aliphatic imine (C=N–C) groups is 1. The van der Waals surface area contributed by atoms with Crippen LogP contribution < -0.4 is 10.6 Å². The zero-order valence-corrected chi connectivity index (χ0v) is 15.0. The Morgan fingerprint density at radius 1 is 1.30 bits per heavy atom. The van der Waals surface area contributed by atoms with Gasteiger partial charge >= 0.3 is 0 Å². The van der Waals surface area contributed by atoms with Crippen molar-refractivity contribution >= 4 is 17.3 Å². The van der Waals surface area contributed by atoms with Crippen LogP contribution in [0, 0.1) is 0 Å². The van der Waals surface area contributed by atoms with Crippen molar-refractivity contribution in [3.05, 3.63) is 16.1 Å². The highest BCUT2D eigenvalue weighted by Gasteiger charge is 2.31. The number of aromatic nitrogens is 1. The van der Waals surface area contributed by atoms with Crippen LogP contribution in [0.3, 0.4) is 0 Å². The van der Waals surface area contributed by atoms with Crippen LogP contribution in [0.15, 0.2) is 11.2 Å². The third-order valence-electron chi connectivity index (χ3n) is 4.56. The van der Waals surface area contributed by atoms with Gasteiger partial charge in [-0.15, -0.1) is 11.3 Å². The molecular formula is C16H28N6S. The van der Waals surface area contributed by atoms with Gasteiger partial charge in [-0.05, 0) is 13.3 Å². The Labute approximate surface area is 143 Å². The molecule has 1 unspecified atom stereocenters. The van der Waals surface area contributed by atoms with E-state index >= 15 is 0 Å². The molecule has 7 heteroatoms. The SMILES string of the molecule is CCNC(=NCc1ncc(CC)s1)NCC1CN2CCN1CC2. The lowest BCUT2D eigenvalue weighted by Gasteiger charge is -2.47. The summed E-state index contributed by atoms with van der Waals surface area (Å²) in [5, 5.41) is 7.94. The molecule has 0 saturated carbocycles. The van der Waals surface area contributed by atoms with Gasteiger partial charge in [-0.25, -0.2) is 9.98 Å². The van der Waals surface area contributed by atoms with Crippen molar-refractivity contribution in [2.24, 2.45) is 4.99 Å². The Morgan fingerprint density at radius 3 is 2.74 bits per heavy atom. The van der Waals surface area contributed by atoms with Crippen LogP contribution in [0.1, 0.15) is 23.7 Å². The number of nitrogens with one attached hydrogen (secondary N) is 2. The zero-order chi connectivity index (χ0) is 16.1. The second-order valence-electron chi connectivity index (χ2n) is 6.14. The Kier molecular flexibility index (Phi) is 5.85. The molecule has 0 spiro atoms. The number of thiazole rings is 1. The van der Waals surface area contributed by atoms with Gasteiger partial charge in [-0.3, -0.25) is 9.80 Å². The first-order valence-corrected chi connectivity index (χ1v) is 9.52. The average molecular weight is 337 g/mol. The topological polar surface area (TPSA) is 55.8 Å². The van der Waals surface area contributed by atoms with Gasteiger partial charge in [0.1, 0.15) is 5.01 Å². The normalized spacial score (nSPS) is 27.2. The summed E-state index contributed by atoms with van der Waals surface area (Å²) in [7, 11) is 0. The van der Waals surface area contributed by atoms with Gasteiger partial charge < -0.3 is 10.6 Å². The molecule has 0 radical (unpaired) electrons. The Bertz CT molecular complexity index is 520. The number of fused-ring (bicyclic) bond motifs is 3. The van der Waals surface area contributed by atoms with Crippen LogP contribution in [0.2, 0.25) is 0 Å². The quantitative estimate of drug-likeness (QED) is 0.593. The van der Waals surface area contributed by atoms with Gasteiger partial charge in [0.2, 0.25) is 0 Å². The number of aryl methyl sites for hydroxylation is 1. The molecule has 1 atom stereocenters. The minimum atomic E-state index is 0.605. The molecule has 2 N–H and O–H groups in total.